The third kappa shape index (κ3) is 19.5. The molecule has 0 atom stereocenters. The van der Waals surface area contributed by atoms with E-state index in [1.807, 2.05) is 19.9 Å². The van der Waals surface area contributed by atoms with E-state index in [1.165, 1.54) is 12.6 Å². The van der Waals surface area contributed by atoms with Crippen molar-refractivity contribution in [1.82, 2.24) is 0 Å². The summed E-state index contributed by atoms with van der Waals surface area (Å²) in [6.07, 6.45) is 1.14. The summed E-state index contributed by atoms with van der Waals surface area (Å²) in [4.78, 5) is 0. The Bertz CT molecular complexity index is 163. The smallest absolute Gasteiger partial charge is 0.0402 e. The van der Waals surface area contributed by atoms with Crippen LogP contribution in [0, 0.1) is 0 Å². The zero-order chi connectivity index (χ0) is 12.5. The van der Waals surface area contributed by atoms with Crippen molar-refractivity contribution in [3.8, 4) is 0 Å². The molecule has 2 heteroatoms. The highest BCUT2D eigenvalue weighted by atomic mass is 16.2. The van der Waals surface area contributed by atoms with Gasteiger partial charge in [0, 0.05) is 6.61 Å². The van der Waals surface area contributed by atoms with Crippen molar-refractivity contribution in [2.24, 2.45) is 5.73 Å². The van der Waals surface area contributed by atoms with Gasteiger partial charge in [-0.2, -0.15) is 0 Å². The zero-order valence-electron chi connectivity index (χ0n) is 10.8. The van der Waals surface area contributed by atoms with Crippen molar-refractivity contribution in [2.45, 2.75) is 34.1 Å². The van der Waals surface area contributed by atoms with E-state index < -0.39 is 0 Å². The molecule has 3 N–H and O–H groups in total. The van der Waals surface area contributed by atoms with Gasteiger partial charge >= 0.3 is 0 Å². The van der Waals surface area contributed by atoms with Crippen LogP contribution in [0.5, 0.6) is 0 Å². The minimum absolute atomic E-state index is 0.250. The van der Waals surface area contributed by atoms with Crippen molar-refractivity contribution < 1.29 is 5.11 Å². The van der Waals surface area contributed by atoms with Gasteiger partial charge in [0.2, 0.25) is 0 Å². The maximum atomic E-state index is 7.57. The van der Waals surface area contributed by atoms with Crippen LogP contribution in [0.15, 0.2) is 30.3 Å². The lowest BCUT2D eigenvalue weighted by Gasteiger charge is -1.89. The number of hydrogen-bond donors (Lipinski definition) is 2. The Kier molecular flexibility index (Phi) is 30.4. The molecule has 1 aromatic carbocycles. The normalized spacial score (nSPS) is 6.87. The Morgan fingerprint density at radius 2 is 1.33 bits per heavy atom. The molecule has 0 spiro atoms. The van der Waals surface area contributed by atoms with E-state index in [1.54, 1.807) is 6.92 Å². The maximum absolute atomic E-state index is 7.57. The first-order chi connectivity index (χ1) is 7.35. The molecule has 0 radical (unpaired) electrons. The molecule has 0 aliphatic rings. The molecule has 0 fully saturated rings. The standard InChI is InChI=1S/C8H10.C2H6O.C2H6.CH5N/c1-2-8-6-4-3-5-7-8;1-2-3;2*1-2/h3-7H,2H2,1H3;3H,2H2,1H3;1-2H3;2H2,1H3. The molecule has 0 aromatic heterocycles. The third-order valence-electron chi connectivity index (χ3n) is 1.25. The number of rotatable bonds is 1. The lowest BCUT2D eigenvalue weighted by atomic mass is 10.2. The van der Waals surface area contributed by atoms with Crippen molar-refractivity contribution in [1.29, 1.82) is 0 Å². The second-order valence-corrected chi connectivity index (χ2v) is 2.16. The van der Waals surface area contributed by atoms with Crippen LogP contribution < -0.4 is 5.73 Å². The molecule has 90 valence electrons. The summed E-state index contributed by atoms with van der Waals surface area (Å²) in [6, 6.07) is 10.5. The van der Waals surface area contributed by atoms with Crippen LogP contribution in [-0.2, 0) is 6.42 Å². The predicted octanol–water partition coefficient (Wildman–Crippen LogP) is 2.85. The Morgan fingerprint density at radius 1 is 1.00 bits per heavy atom. The van der Waals surface area contributed by atoms with Gasteiger partial charge in [-0.05, 0) is 26.0 Å². The van der Waals surface area contributed by atoms with Gasteiger partial charge in [-0.15, -0.1) is 0 Å². The molecule has 15 heavy (non-hydrogen) atoms. The molecule has 0 bridgehead atoms. The van der Waals surface area contributed by atoms with Gasteiger partial charge in [0.1, 0.15) is 0 Å². The number of benzene rings is 1. The molecule has 2 nitrogen and oxygen atoms in total. The summed E-state index contributed by atoms with van der Waals surface area (Å²) in [7, 11) is 1.50. The fourth-order valence-electron chi connectivity index (χ4n) is 0.714. The van der Waals surface area contributed by atoms with Crippen molar-refractivity contribution in [2.75, 3.05) is 13.7 Å². The number of hydrogen-bond acceptors (Lipinski definition) is 2. The monoisotopic (exact) mass is 213 g/mol. The topological polar surface area (TPSA) is 46.2 Å². The minimum atomic E-state index is 0.250. The van der Waals surface area contributed by atoms with Gasteiger partial charge in [0.05, 0.1) is 0 Å². The van der Waals surface area contributed by atoms with Gasteiger partial charge in [-0.1, -0.05) is 51.1 Å². The minimum Gasteiger partial charge on any atom is -0.397 e. The number of nitrogens with two attached hydrogens (primary N) is 1. The SMILES string of the molecule is CC.CCO.CCc1ccccc1.CN. The molecule has 1 rings (SSSR count). The first-order valence-electron chi connectivity index (χ1n) is 5.57. The van der Waals surface area contributed by atoms with E-state index in [0.29, 0.717) is 0 Å². The van der Waals surface area contributed by atoms with E-state index in [0.717, 1.165) is 6.42 Å². The van der Waals surface area contributed by atoms with Crippen LogP contribution in [0.25, 0.3) is 0 Å². The van der Waals surface area contributed by atoms with Crippen LogP contribution in [0.2, 0.25) is 0 Å². The predicted molar refractivity (Wildman–Crippen MR) is 70.0 cm³/mol. The average Bonchev–Trinajstić information content (AvgIpc) is 2.36. The third-order valence-corrected chi connectivity index (χ3v) is 1.25. The zero-order valence-corrected chi connectivity index (χ0v) is 10.8. The van der Waals surface area contributed by atoms with Crippen molar-refractivity contribution in [3.63, 3.8) is 0 Å². The van der Waals surface area contributed by atoms with Crippen LogP contribution in [0.1, 0.15) is 33.3 Å². The van der Waals surface area contributed by atoms with Crippen molar-refractivity contribution in [3.05, 3.63) is 35.9 Å². The summed E-state index contributed by atoms with van der Waals surface area (Å²) >= 11 is 0. The number of aliphatic hydroxyl groups is 1. The Hall–Kier alpha value is -0.860. The lowest BCUT2D eigenvalue weighted by molar-refractivity contribution is 0.318. The first-order valence-corrected chi connectivity index (χ1v) is 5.57. The quantitative estimate of drug-likeness (QED) is 0.753. The fourth-order valence-corrected chi connectivity index (χ4v) is 0.714. The summed E-state index contributed by atoms with van der Waals surface area (Å²) in [5.74, 6) is 0. The molecule has 0 saturated carbocycles. The van der Waals surface area contributed by atoms with E-state index in [4.69, 9.17) is 5.11 Å². The largest absolute Gasteiger partial charge is 0.397 e. The highest BCUT2D eigenvalue weighted by molar-refractivity contribution is 5.13. The molecule has 0 aliphatic heterocycles. The highest BCUT2D eigenvalue weighted by Gasteiger charge is 1.79. The summed E-state index contributed by atoms with van der Waals surface area (Å²) in [5, 5.41) is 7.57. The van der Waals surface area contributed by atoms with E-state index in [2.05, 4.69) is 36.9 Å². The second kappa shape index (κ2) is 23.2. The van der Waals surface area contributed by atoms with E-state index in [-0.39, 0.29) is 6.61 Å². The van der Waals surface area contributed by atoms with E-state index in [9.17, 15) is 0 Å². The van der Waals surface area contributed by atoms with Gasteiger partial charge in [-0.25, -0.2) is 0 Å². The number of aliphatic hydroxyl groups excluding tert-OH is 1. The molecule has 0 heterocycles. The van der Waals surface area contributed by atoms with Gasteiger partial charge in [0.25, 0.3) is 0 Å². The van der Waals surface area contributed by atoms with Gasteiger partial charge in [0.15, 0.2) is 0 Å². The molecular weight excluding hydrogens is 186 g/mol. The molecule has 0 saturated heterocycles. The highest BCUT2D eigenvalue weighted by Crippen LogP contribution is 1.96. The average molecular weight is 213 g/mol. The van der Waals surface area contributed by atoms with Crippen LogP contribution in [0.3, 0.4) is 0 Å². The van der Waals surface area contributed by atoms with Crippen molar-refractivity contribution >= 4 is 0 Å². The molecule has 0 amide bonds. The van der Waals surface area contributed by atoms with Gasteiger partial charge in [-0.3, -0.25) is 0 Å². The Labute approximate surface area is 95.1 Å². The van der Waals surface area contributed by atoms with Crippen LogP contribution in [0.4, 0.5) is 0 Å². The van der Waals surface area contributed by atoms with Crippen LogP contribution >= 0.6 is 0 Å². The Balaban J connectivity index is -0.000000176. The molecule has 0 aliphatic carbocycles. The van der Waals surface area contributed by atoms with Crippen LogP contribution in [-0.4, -0.2) is 18.8 Å². The molecule has 1 aromatic rings. The van der Waals surface area contributed by atoms with E-state index >= 15 is 0 Å². The molecular formula is C13H27NO. The van der Waals surface area contributed by atoms with Gasteiger partial charge < -0.3 is 10.8 Å². The Morgan fingerprint density at radius 3 is 1.53 bits per heavy atom. The first kappa shape index (κ1) is 19.7. The summed E-state index contributed by atoms with van der Waals surface area (Å²) < 4.78 is 0. The summed E-state index contributed by atoms with van der Waals surface area (Å²) in [5.41, 5.74) is 5.91. The number of aryl methyl sites for hydroxylation is 1. The lowest BCUT2D eigenvalue weighted by Crippen LogP contribution is -1.73. The fraction of sp³-hybridized carbons (Fsp3) is 0.538. The maximum Gasteiger partial charge on any atom is 0.0402 e. The summed E-state index contributed by atoms with van der Waals surface area (Å²) in [6.45, 7) is 8.09. The molecule has 0 unspecified atom stereocenters. The second-order valence-electron chi connectivity index (χ2n) is 2.16.